The van der Waals surface area contributed by atoms with E-state index in [0.29, 0.717) is 0 Å². The number of carbonyl (C=O) groups is 2. The molecule has 0 atom stereocenters. The molecule has 2 aliphatic rings. The van der Waals surface area contributed by atoms with Crippen LogP contribution in [-0.2, 0) is 14.5 Å². The highest BCUT2D eigenvalue weighted by molar-refractivity contribution is 5.62. The van der Waals surface area contributed by atoms with Gasteiger partial charge in [-0.2, -0.15) is 9.68 Å². The molecular formula is C18H32O6. The predicted molar refractivity (Wildman–Crippen MR) is 89.6 cm³/mol. The quantitative estimate of drug-likeness (QED) is 0.373. The maximum Gasteiger partial charge on any atom is 0.550 e. The van der Waals surface area contributed by atoms with Gasteiger partial charge in [-0.3, -0.25) is 0 Å². The molecule has 2 aliphatic carbocycles. The molecule has 2 rings (SSSR count). The van der Waals surface area contributed by atoms with E-state index in [0.717, 1.165) is 11.8 Å². The second-order valence-corrected chi connectivity index (χ2v) is 7.69. The van der Waals surface area contributed by atoms with Crippen molar-refractivity contribution in [1.29, 1.82) is 0 Å². The molecule has 6 nitrogen and oxygen atoms in total. The van der Waals surface area contributed by atoms with E-state index in [1.54, 1.807) is 46.5 Å². The van der Waals surface area contributed by atoms with Gasteiger partial charge in [-0.05, 0) is 32.6 Å². The smallest absolute Gasteiger partial charge is 0.447 e. The minimum Gasteiger partial charge on any atom is -0.447 e. The summed E-state index contributed by atoms with van der Waals surface area (Å²) < 4.78 is 4.54. The lowest BCUT2D eigenvalue weighted by atomic mass is 9.73. The van der Waals surface area contributed by atoms with E-state index in [1.165, 1.54) is 38.5 Å². The maximum atomic E-state index is 10.5. The highest BCUT2D eigenvalue weighted by Crippen LogP contribution is 2.37. The highest BCUT2D eigenvalue weighted by Gasteiger charge is 2.24. The maximum absolute atomic E-state index is 10.5. The van der Waals surface area contributed by atoms with Gasteiger partial charge in [-0.25, -0.2) is 9.68 Å². The van der Waals surface area contributed by atoms with Crippen LogP contribution in [0.4, 0.5) is 9.59 Å². The first-order valence-corrected chi connectivity index (χ1v) is 9.08. The van der Waals surface area contributed by atoms with Gasteiger partial charge in [0.05, 0.1) is 0 Å². The van der Waals surface area contributed by atoms with Crippen molar-refractivity contribution in [3.63, 3.8) is 0 Å². The second kappa shape index (κ2) is 10.4. The van der Waals surface area contributed by atoms with Crippen LogP contribution in [-0.4, -0.2) is 23.0 Å². The molecule has 0 aromatic rings. The monoisotopic (exact) mass is 344 g/mol. The lowest BCUT2D eigenvalue weighted by Crippen LogP contribution is -2.25. The molecule has 6 heteroatoms. The van der Waals surface area contributed by atoms with Crippen LogP contribution in [0, 0.1) is 11.8 Å². The minimum atomic E-state index is -1.71. The lowest BCUT2D eigenvalue weighted by Gasteiger charge is -2.32. The molecular weight excluding hydrogens is 312 g/mol. The summed E-state index contributed by atoms with van der Waals surface area (Å²) in [6.45, 7) is 4.82. The summed E-state index contributed by atoms with van der Waals surface area (Å²) in [5, 5.41) is 7.91. The fraction of sp³-hybridized carbons (Fsp3) is 0.889. The third kappa shape index (κ3) is 9.63. The summed E-state index contributed by atoms with van der Waals surface area (Å²) in [7, 11) is 0. The SMILES string of the molecule is C1CCC(C2CCCCC2)CC1.CC(C)(C)OC(=O)OOC(=O)O. The molecule has 1 N–H and O–H groups in total. The molecule has 0 spiro atoms. The third-order valence-electron chi connectivity index (χ3n) is 4.54. The van der Waals surface area contributed by atoms with Gasteiger partial charge in [-0.15, -0.1) is 0 Å². The van der Waals surface area contributed by atoms with Gasteiger partial charge in [0, 0.05) is 0 Å². The topological polar surface area (TPSA) is 82.1 Å². The fourth-order valence-electron chi connectivity index (χ4n) is 3.55. The Labute approximate surface area is 144 Å². The number of carbonyl (C=O) groups excluding carboxylic acids is 1. The Morgan fingerprint density at radius 3 is 1.54 bits per heavy atom. The first-order chi connectivity index (χ1) is 11.3. The Kier molecular flexibility index (Phi) is 8.93. The van der Waals surface area contributed by atoms with Crippen molar-refractivity contribution in [3.8, 4) is 0 Å². The number of rotatable bonds is 1. The molecule has 0 heterocycles. The van der Waals surface area contributed by atoms with Gasteiger partial charge in [0.25, 0.3) is 0 Å². The van der Waals surface area contributed by atoms with Crippen LogP contribution < -0.4 is 0 Å². The molecule has 0 bridgehead atoms. The molecule has 140 valence electrons. The predicted octanol–water partition coefficient (Wildman–Crippen LogP) is 5.69. The van der Waals surface area contributed by atoms with E-state index in [9.17, 15) is 9.59 Å². The summed E-state index contributed by atoms with van der Waals surface area (Å²) in [4.78, 5) is 27.5. The molecule has 0 aliphatic heterocycles. The minimum absolute atomic E-state index is 0.737. The van der Waals surface area contributed by atoms with E-state index >= 15 is 0 Å². The first kappa shape index (κ1) is 20.6. The van der Waals surface area contributed by atoms with E-state index < -0.39 is 17.9 Å². The summed E-state index contributed by atoms with van der Waals surface area (Å²) in [6.07, 6.45) is 12.5. The van der Waals surface area contributed by atoms with E-state index in [-0.39, 0.29) is 0 Å². The van der Waals surface area contributed by atoms with Crippen LogP contribution in [0.5, 0.6) is 0 Å². The van der Waals surface area contributed by atoms with Crippen LogP contribution in [0.25, 0.3) is 0 Å². The fourth-order valence-corrected chi connectivity index (χ4v) is 3.55. The summed E-state index contributed by atoms with van der Waals surface area (Å²) in [6, 6.07) is 0. The molecule has 2 saturated carbocycles. The Morgan fingerprint density at radius 2 is 1.21 bits per heavy atom. The van der Waals surface area contributed by atoms with E-state index in [4.69, 9.17) is 5.11 Å². The summed E-state index contributed by atoms with van der Waals surface area (Å²) in [5.41, 5.74) is -0.737. The van der Waals surface area contributed by atoms with Crippen LogP contribution in [0.15, 0.2) is 0 Å². The van der Waals surface area contributed by atoms with E-state index in [2.05, 4.69) is 14.5 Å². The van der Waals surface area contributed by atoms with Gasteiger partial charge in [0.2, 0.25) is 0 Å². The number of hydrogen-bond donors (Lipinski definition) is 1. The number of hydrogen-bond acceptors (Lipinski definition) is 5. The van der Waals surface area contributed by atoms with Gasteiger partial charge >= 0.3 is 12.3 Å². The number of ether oxygens (including phenoxy) is 1. The van der Waals surface area contributed by atoms with Crippen molar-refractivity contribution in [2.45, 2.75) is 90.6 Å². The first-order valence-electron chi connectivity index (χ1n) is 9.08. The standard InChI is InChI=1S/C12H22.C6H10O6/c1-3-7-11(8-4-1)12-9-5-2-6-10-12;1-6(2,3)10-5(9)12-11-4(7)8/h11-12H,1-10H2;1-3H3,(H,7,8). The molecule has 2 fully saturated rings. The van der Waals surface area contributed by atoms with Crippen LogP contribution in [0.1, 0.15) is 85.0 Å². The zero-order chi connectivity index (χ0) is 18.0. The van der Waals surface area contributed by atoms with E-state index in [1.807, 2.05) is 0 Å². The molecule has 0 aromatic carbocycles. The van der Waals surface area contributed by atoms with Crippen LogP contribution in [0.2, 0.25) is 0 Å². The van der Waals surface area contributed by atoms with Crippen molar-refractivity contribution in [3.05, 3.63) is 0 Å². The summed E-state index contributed by atoms with van der Waals surface area (Å²) >= 11 is 0. The van der Waals surface area contributed by atoms with Gasteiger partial charge in [0.15, 0.2) is 0 Å². The largest absolute Gasteiger partial charge is 0.550 e. The van der Waals surface area contributed by atoms with Crippen molar-refractivity contribution >= 4 is 12.3 Å². The van der Waals surface area contributed by atoms with Gasteiger partial charge in [-0.1, -0.05) is 64.2 Å². The Hall–Kier alpha value is -1.46. The molecule has 0 unspecified atom stereocenters. The average Bonchev–Trinajstić information content (AvgIpc) is 2.54. The van der Waals surface area contributed by atoms with Crippen molar-refractivity contribution in [1.82, 2.24) is 0 Å². The number of carboxylic acid groups (broad SMARTS) is 1. The van der Waals surface area contributed by atoms with Crippen molar-refractivity contribution < 1.29 is 29.2 Å². The zero-order valence-electron chi connectivity index (χ0n) is 15.2. The molecule has 0 radical (unpaired) electrons. The second-order valence-electron chi connectivity index (χ2n) is 7.69. The Balaban J connectivity index is 0.000000240. The van der Waals surface area contributed by atoms with Gasteiger partial charge < -0.3 is 9.84 Å². The normalized spacial score (nSPS) is 19.6. The molecule has 24 heavy (non-hydrogen) atoms. The molecule has 0 amide bonds. The highest BCUT2D eigenvalue weighted by atomic mass is 17.3. The van der Waals surface area contributed by atoms with Crippen molar-refractivity contribution in [2.24, 2.45) is 11.8 Å². The Bertz CT molecular complexity index is 359. The van der Waals surface area contributed by atoms with Crippen molar-refractivity contribution in [2.75, 3.05) is 0 Å². The third-order valence-corrected chi connectivity index (χ3v) is 4.54. The van der Waals surface area contributed by atoms with Crippen LogP contribution >= 0.6 is 0 Å². The van der Waals surface area contributed by atoms with Crippen LogP contribution in [0.3, 0.4) is 0 Å². The Morgan fingerprint density at radius 1 is 0.792 bits per heavy atom. The molecule has 0 aromatic heterocycles. The lowest BCUT2D eigenvalue weighted by molar-refractivity contribution is -0.221. The molecule has 0 saturated heterocycles. The average molecular weight is 344 g/mol. The summed E-state index contributed by atoms with van der Waals surface area (Å²) in [5.74, 6) is 2.28. The zero-order valence-corrected chi connectivity index (χ0v) is 15.2. The van der Waals surface area contributed by atoms with Gasteiger partial charge in [0.1, 0.15) is 5.60 Å².